The third kappa shape index (κ3) is 7.49. The van der Waals surface area contributed by atoms with Gasteiger partial charge in [0.1, 0.15) is 18.2 Å². The molecule has 0 spiro atoms. The molecule has 5 N–H and O–H groups in total. The van der Waals surface area contributed by atoms with E-state index in [2.05, 4.69) is 31.6 Å². The average molecular weight is 527 g/mol. The van der Waals surface area contributed by atoms with Gasteiger partial charge in [0.2, 0.25) is 5.91 Å². The van der Waals surface area contributed by atoms with Gasteiger partial charge in [0.25, 0.3) is 0 Å². The number of rotatable bonds is 8. The summed E-state index contributed by atoms with van der Waals surface area (Å²) in [7, 11) is 1.70. The van der Waals surface area contributed by atoms with E-state index in [-0.39, 0.29) is 30.5 Å². The number of fused-ring (bicyclic) bond motifs is 1. The van der Waals surface area contributed by atoms with E-state index in [1.54, 1.807) is 13.1 Å². The number of hydrogen-bond acceptors (Lipinski definition) is 6. The number of benzene rings is 2. The van der Waals surface area contributed by atoms with Crippen molar-refractivity contribution in [1.82, 2.24) is 16.0 Å². The number of amidine groups is 1. The van der Waals surface area contributed by atoms with E-state index in [1.807, 2.05) is 12.1 Å². The maximum absolute atomic E-state index is 13.3. The Labute approximate surface area is 210 Å². The molecule has 2 aromatic carbocycles. The van der Waals surface area contributed by atoms with E-state index in [1.165, 1.54) is 6.92 Å². The van der Waals surface area contributed by atoms with Gasteiger partial charge in [-0.15, -0.1) is 0 Å². The molecule has 13 heteroatoms. The highest BCUT2D eigenvalue weighted by atomic mass is 35.5. The first-order valence-corrected chi connectivity index (χ1v) is 11.4. The molecule has 0 radical (unpaired) electrons. The number of urea groups is 1. The van der Waals surface area contributed by atoms with Crippen LogP contribution in [0, 0.1) is 0 Å². The van der Waals surface area contributed by atoms with Crippen LogP contribution in [0.1, 0.15) is 18.1 Å². The van der Waals surface area contributed by atoms with Crippen LogP contribution < -0.4 is 31.3 Å². The number of alkyl halides is 3. The Morgan fingerprint density at radius 1 is 1.17 bits per heavy atom. The zero-order valence-corrected chi connectivity index (χ0v) is 20.4. The number of likely N-dealkylation sites (N-methyl/N-ethyl adjacent to an activating group) is 1. The zero-order valence-electron chi connectivity index (χ0n) is 19.6. The van der Waals surface area contributed by atoms with Gasteiger partial charge in [0, 0.05) is 26.1 Å². The first-order valence-electron chi connectivity index (χ1n) is 11.0. The summed E-state index contributed by atoms with van der Waals surface area (Å²) >= 11 is 5.79. The normalized spacial score (nSPS) is 12.7. The van der Waals surface area contributed by atoms with E-state index in [4.69, 9.17) is 16.3 Å². The molecule has 194 valence electrons. The van der Waals surface area contributed by atoms with Crippen molar-refractivity contribution in [2.24, 2.45) is 4.99 Å². The molecular formula is C23H26ClF3N6O3. The Hall–Kier alpha value is -3.51. The minimum atomic E-state index is -4.69. The van der Waals surface area contributed by atoms with E-state index in [0.29, 0.717) is 31.0 Å². The molecule has 0 unspecified atom stereocenters. The molecule has 3 amide bonds. The average Bonchev–Trinajstić information content (AvgIpc) is 2.79. The highest BCUT2D eigenvalue weighted by molar-refractivity contribution is 6.31. The predicted molar refractivity (Wildman–Crippen MR) is 132 cm³/mol. The number of nitrogens with zero attached hydrogens (tertiary/aromatic N) is 1. The largest absolute Gasteiger partial charge is 0.490 e. The van der Waals surface area contributed by atoms with Crippen molar-refractivity contribution in [2.45, 2.75) is 19.5 Å². The predicted octanol–water partition coefficient (Wildman–Crippen LogP) is 3.91. The van der Waals surface area contributed by atoms with Crippen molar-refractivity contribution < 1.29 is 27.5 Å². The van der Waals surface area contributed by atoms with Crippen LogP contribution in [0.2, 0.25) is 5.02 Å². The molecule has 3 rings (SSSR count). The van der Waals surface area contributed by atoms with Crippen LogP contribution in [0.5, 0.6) is 5.75 Å². The number of anilines is 2. The summed E-state index contributed by atoms with van der Waals surface area (Å²) < 4.78 is 45.4. The van der Waals surface area contributed by atoms with Crippen LogP contribution in [-0.2, 0) is 17.4 Å². The van der Waals surface area contributed by atoms with Crippen LogP contribution in [0.15, 0.2) is 35.3 Å². The molecule has 0 aromatic heterocycles. The van der Waals surface area contributed by atoms with E-state index >= 15 is 0 Å². The maximum Gasteiger partial charge on any atom is 0.417 e. The number of ether oxygens (including phenoxy) is 1. The van der Waals surface area contributed by atoms with Gasteiger partial charge in [-0.1, -0.05) is 17.7 Å². The van der Waals surface area contributed by atoms with E-state index in [0.717, 1.165) is 23.4 Å². The van der Waals surface area contributed by atoms with Crippen LogP contribution in [0.4, 0.5) is 35.0 Å². The second-order valence-corrected chi connectivity index (χ2v) is 8.26. The van der Waals surface area contributed by atoms with Gasteiger partial charge in [0.15, 0.2) is 0 Å². The van der Waals surface area contributed by atoms with Crippen molar-refractivity contribution in [3.63, 3.8) is 0 Å². The standard InChI is InChI=1S/C23H26ClF3N6O3/c1-13(34)31-21-12-30-18-9-14(3-4-17(18)32-21)5-6-29-22(35)33-19-10-15(23(25,26)27)16(24)11-20(19)36-8-7-28-2/h3-4,9-11,28,30H,5-8,12H2,1-2H3,(H2,29,33,35)(H,31,32,34). The third-order valence-corrected chi connectivity index (χ3v) is 5.33. The molecule has 0 atom stereocenters. The summed E-state index contributed by atoms with van der Waals surface area (Å²) in [5.41, 5.74) is 1.14. The minimum Gasteiger partial charge on any atom is -0.490 e. The highest BCUT2D eigenvalue weighted by Crippen LogP contribution is 2.40. The summed E-state index contributed by atoms with van der Waals surface area (Å²) in [5.74, 6) is 0.342. The fourth-order valence-corrected chi connectivity index (χ4v) is 3.62. The molecular weight excluding hydrogens is 501 g/mol. The SMILES string of the molecule is CNCCOc1cc(Cl)c(C(F)(F)F)cc1NC(=O)NCCc1ccc2c(c1)NCC(NC(C)=O)=N2. The first kappa shape index (κ1) is 27.1. The topological polar surface area (TPSA) is 116 Å². The molecule has 9 nitrogen and oxygen atoms in total. The monoisotopic (exact) mass is 526 g/mol. The molecule has 1 heterocycles. The molecule has 0 bridgehead atoms. The lowest BCUT2D eigenvalue weighted by Gasteiger charge is -2.19. The van der Waals surface area contributed by atoms with E-state index < -0.39 is 22.8 Å². The lowest BCUT2D eigenvalue weighted by Crippen LogP contribution is -2.35. The second kappa shape index (κ2) is 12.0. The van der Waals surface area contributed by atoms with E-state index in [9.17, 15) is 22.8 Å². The molecule has 0 saturated heterocycles. The Balaban J connectivity index is 1.62. The number of halogens is 4. The smallest absolute Gasteiger partial charge is 0.417 e. The van der Waals surface area contributed by atoms with Crippen LogP contribution >= 0.6 is 11.6 Å². The number of nitrogens with one attached hydrogen (secondary N) is 5. The number of amides is 3. The number of aliphatic imine (C=N–C) groups is 1. The molecule has 0 saturated carbocycles. The van der Waals surface area contributed by atoms with Gasteiger partial charge in [-0.3, -0.25) is 4.79 Å². The Morgan fingerprint density at radius 2 is 1.94 bits per heavy atom. The van der Waals surface area contributed by atoms with Gasteiger partial charge < -0.3 is 31.3 Å². The number of carbonyl (C=O) groups excluding carboxylic acids is 2. The molecule has 2 aromatic rings. The van der Waals surface area contributed by atoms with Crippen LogP contribution in [0.3, 0.4) is 0 Å². The third-order valence-electron chi connectivity index (χ3n) is 5.01. The molecule has 0 fully saturated rings. The summed E-state index contributed by atoms with van der Waals surface area (Å²) in [4.78, 5) is 28.0. The highest BCUT2D eigenvalue weighted by Gasteiger charge is 2.34. The van der Waals surface area contributed by atoms with Crippen molar-refractivity contribution in [1.29, 1.82) is 0 Å². The van der Waals surface area contributed by atoms with Crippen molar-refractivity contribution in [2.75, 3.05) is 43.9 Å². The minimum absolute atomic E-state index is 0.0262. The zero-order chi connectivity index (χ0) is 26.3. The Kier molecular flexibility index (Phi) is 8.99. The van der Waals surface area contributed by atoms with Gasteiger partial charge in [0.05, 0.1) is 34.2 Å². The summed E-state index contributed by atoms with van der Waals surface area (Å²) in [5, 5.41) is 13.2. The van der Waals surface area contributed by atoms with Gasteiger partial charge in [-0.25, -0.2) is 9.79 Å². The molecule has 0 aliphatic carbocycles. The van der Waals surface area contributed by atoms with Gasteiger partial charge >= 0.3 is 12.2 Å². The molecule has 36 heavy (non-hydrogen) atoms. The quantitative estimate of drug-likeness (QED) is 0.334. The maximum atomic E-state index is 13.3. The van der Waals surface area contributed by atoms with Gasteiger partial charge in [-0.2, -0.15) is 13.2 Å². The number of hydrogen-bond donors (Lipinski definition) is 5. The molecule has 1 aliphatic heterocycles. The van der Waals surface area contributed by atoms with Crippen molar-refractivity contribution in [3.05, 3.63) is 46.5 Å². The van der Waals surface area contributed by atoms with Crippen molar-refractivity contribution in [3.8, 4) is 5.75 Å². The summed E-state index contributed by atoms with van der Waals surface area (Å²) in [6.07, 6.45) is -4.23. The Morgan fingerprint density at radius 3 is 2.64 bits per heavy atom. The summed E-state index contributed by atoms with van der Waals surface area (Å²) in [6, 6.07) is 6.61. The summed E-state index contributed by atoms with van der Waals surface area (Å²) in [6.45, 7) is 2.61. The Bertz CT molecular complexity index is 1160. The second-order valence-electron chi connectivity index (χ2n) is 7.85. The van der Waals surface area contributed by atoms with Gasteiger partial charge in [-0.05, 0) is 37.2 Å². The fraction of sp³-hybridized carbons (Fsp3) is 0.348. The molecule has 1 aliphatic rings. The number of carbonyl (C=O) groups is 2. The van der Waals surface area contributed by atoms with Crippen LogP contribution in [0.25, 0.3) is 0 Å². The van der Waals surface area contributed by atoms with Crippen molar-refractivity contribution >= 4 is 46.4 Å². The first-order chi connectivity index (χ1) is 17.1. The lowest BCUT2D eigenvalue weighted by molar-refractivity contribution is -0.137. The fourth-order valence-electron chi connectivity index (χ4n) is 3.36. The lowest BCUT2D eigenvalue weighted by atomic mass is 10.1. The van der Waals surface area contributed by atoms with Crippen LogP contribution in [-0.4, -0.2) is 51.1 Å².